The standard InChI is InChI=1S/C5H13NS/c6-4-2-1-3-5-7/h7H,1-6H2. The Morgan fingerprint density at radius 1 is 1.14 bits per heavy atom. The van der Waals surface area contributed by atoms with Crippen molar-refractivity contribution in [3.8, 4) is 0 Å². The zero-order valence-electron chi connectivity index (χ0n) is 4.56. The van der Waals surface area contributed by atoms with Crippen LogP contribution < -0.4 is 5.73 Å². The molecule has 0 saturated carbocycles. The van der Waals surface area contributed by atoms with Crippen molar-refractivity contribution in [2.75, 3.05) is 12.3 Å². The first kappa shape index (κ1) is 7.31. The van der Waals surface area contributed by atoms with Gasteiger partial charge in [0.1, 0.15) is 0 Å². The molecule has 0 unspecified atom stereocenters. The van der Waals surface area contributed by atoms with E-state index in [1.807, 2.05) is 0 Å². The molecule has 0 heterocycles. The third-order valence-electron chi connectivity index (χ3n) is 0.862. The molecule has 0 rings (SSSR count). The first-order valence-corrected chi connectivity index (χ1v) is 3.36. The number of unbranched alkanes of at least 4 members (excludes halogenated alkanes) is 2. The van der Waals surface area contributed by atoms with Crippen molar-refractivity contribution in [1.82, 2.24) is 0 Å². The summed E-state index contributed by atoms with van der Waals surface area (Å²) in [6.07, 6.45) is 3.60. The van der Waals surface area contributed by atoms with Gasteiger partial charge in [-0.15, -0.1) is 0 Å². The van der Waals surface area contributed by atoms with E-state index in [-0.39, 0.29) is 0 Å². The van der Waals surface area contributed by atoms with Crippen molar-refractivity contribution < 1.29 is 0 Å². The van der Waals surface area contributed by atoms with Gasteiger partial charge in [-0.1, -0.05) is 6.42 Å². The molecule has 0 aliphatic heterocycles. The number of hydrogen-bond acceptors (Lipinski definition) is 2. The van der Waals surface area contributed by atoms with Gasteiger partial charge in [-0.25, -0.2) is 0 Å². The van der Waals surface area contributed by atoms with Gasteiger partial charge in [-0.2, -0.15) is 12.6 Å². The number of nitrogens with two attached hydrogens (primary N) is 1. The molecule has 0 aromatic rings. The Morgan fingerprint density at radius 3 is 2.29 bits per heavy atom. The van der Waals surface area contributed by atoms with Gasteiger partial charge in [0, 0.05) is 0 Å². The Hall–Kier alpha value is 0.310. The molecule has 0 aromatic carbocycles. The Kier molecular flexibility index (Phi) is 6.59. The summed E-state index contributed by atoms with van der Waals surface area (Å²) in [7, 11) is 0. The molecule has 0 aliphatic rings. The summed E-state index contributed by atoms with van der Waals surface area (Å²) in [4.78, 5) is 0. The van der Waals surface area contributed by atoms with E-state index in [9.17, 15) is 0 Å². The van der Waals surface area contributed by atoms with Crippen molar-refractivity contribution >= 4 is 12.6 Å². The average molecular weight is 119 g/mol. The van der Waals surface area contributed by atoms with Crippen LogP contribution in [0.1, 0.15) is 19.3 Å². The Balaban J connectivity index is 2.45. The molecule has 1 nitrogen and oxygen atoms in total. The first-order valence-electron chi connectivity index (χ1n) is 2.72. The smallest absolute Gasteiger partial charge is 0.00773 e. The number of hydrogen-bond donors (Lipinski definition) is 2. The fourth-order valence-electron chi connectivity index (χ4n) is 0.433. The first-order chi connectivity index (χ1) is 3.41. The minimum atomic E-state index is 0.827. The number of thiol groups is 1. The predicted molar refractivity (Wildman–Crippen MR) is 36.8 cm³/mol. The van der Waals surface area contributed by atoms with E-state index < -0.39 is 0 Å². The van der Waals surface area contributed by atoms with Crippen LogP contribution >= 0.6 is 12.6 Å². The van der Waals surface area contributed by atoms with E-state index in [4.69, 9.17) is 5.73 Å². The van der Waals surface area contributed by atoms with Gasteiger partial charge in [0.2, 0.25) is 0 Å². The quantitative estimate of drug-likeness (QED) is 0.420. The molecular weight excluding hydrogens is 106 g/mol. The molecule has 0 aliphatic carbocycles. The molecule has 0 atom stereocenters. The lowest BCUT2D eigenvalue weighted by Gasteiger charge is -1.90. The molecule has 2 heteroatoms. The second kappa shape index (κ2) is 6.31. The van der Waals surface area contributed by atoms with Crippen LogP contribution in [-0.2, 0) is 0 Å². The molecule has 0 aromatic heterocycles. The normalized spacial score (nSPS) is 9.43. The summed E-state index contributed by atoms with van der Waals surface area (Å²) < 4.78 is 0. The molecule has 0 radical (unpaired) electrons. The van der Waals surface area contributed by atoms with Crippen LogP contribution in [0, 0.1) is 0 Å². The topological polar surface area (TPSA) is 26.0 Å². The van der Waals surface area contributed by atoms with E-state index >= 15 is 0 Å². The number of rotatable bonds is 4. The van der Waals surface area contributed by atoms with Gasteiger partial charge in [-0.3, -0.25) is 0 Å². The lowest BCUT2D eigenvalue weighted by atomic mass is 10.2. The van der Waals surface area contributed by atoms with Gasteiger partial charge >= 0.3 is 0 Å². The summed E-state index contributed by atoms with van der Waals surface area (Å²) in [6.45, 7) is 0.827. The second-order valence-electron chi connectivity index (χ2n) is 1.57. The zero-order chi connectivity index (χ0) is 5.54. The van der Waals surface area contributed by atoms with E-state index in [1.54, 1.807) is 0 Å². The van der Waals surface area contributed by atoms with Crippen molar-refractivity contribution in [1.29, 1.82) is 0 Å². The molecular formula is C5H13NS. The fourth-order valence-corrected chi connectivity index (χ4v) is 0.657. The molecule has 7 heavy (non-hydrogen) atoms. The second-order valence-corrected chi connectivity index (χ2v) is 2.02. The third-order valence-corrected chi connectivity index (χ3v) is 1.18. The van der Waals surface area contributed by atoms with Crippen LogP contribution in [-0.4, -0.2) is 12.3 Å². The van der Waals surface area contributed by atoms with Crippen LogP contribution in [0.25, 0.3) is 0 Å². The maximum atomic E-state index is 5.24. The minimum absolute atomic E-state index is 0.827. The highest BCUT2D eigenvalue weighted by atomic mass is 32.1. The summed E-state index contributed by atoms with van der Waals surface area (Å²) in [5, 5.41) is 0. The van der Waals surface area contributed by atoms with Crippen LogP contribution in [0.2, 0.25) is 0 Å². The Morgan fingerprint density at radius 2 is 1.86 bits per heavy atom. The largest absolute Gasteiger partial charge is 0.330 e. The highest BCUT2D eigenvalue weighted by Crippen LogP contribution is 1.93. The Bertz CT molecular complexity index is 27.3. The molecule has 0 spiro atoms. The van der Waals surface area contributed by atoms with Crippen LogP contribution in [0.4, 0.5) is 0 Å². The van der Waals surface area contributed by atoms with E-state index in [2.05, 4.69) is 12.6 Å². The van der Waals surface area contributed by atoms with E-state index in [0.717, 1.165) is 18.7 Å². The summed E-state index contributed by atoms with van der Waals surface area (Å²) in [6, 6.07) is 0. The average Bonchev–Trinajstić information content (AvgIpc) is 1.69. The SMILES string of the molecule is NCCCCCS. The maximum Gasteiger partial charge on any atom is -0.00773 e. The summed E-state index contributed by atoms with van der Waals surface area (Å²) in [5.41, 5.74) is 5.24. The fraction of sp³-hybridized carbons (Fsp3) is 1.00. The molecule has 0 fully saturated rings. The highest BCUT2D eigenvalue weighted by Gasteiger charge is 1.80. The van der Waals surface area contributed by atoms with Gasteiger partial charge in [0.25, 0.3) is 0 Å². The van der Waals surface area contributed by atoms with Crippen molar-refractivity contribution in [3.63, 3.8) is 0 Å². The van der Waals surface area contributed by atoms with E-state index in [1.165, 1.54) is 12.8 Å². The Labute approximate surface area is 50.7 Å². The molecule has 0 saturated heterocycles. The van der Waals surface area contributed by atoms with Crippen LogP contribution in [0.3, 0.4) is 0 Å². The molecule has 44 valence electrons. The zero-order valence-corrected chi connectivity index (χ0v) is 5.45. The van der Waals surface area contributed by atoms with Gasteiger partial charge in [0.15, 0.2) is 0 Å². The van der Waals surface area contributed by atoms with Crippen LogP contribution in [0.5, 0.6) is 0 Å². The predicted octanol–water partition coefficient (Wildman–Crippen LogP) is 1.05. The summed E-state index contributed by atoms with van der Waals surface area (Å²) >= 11 is 4.05. The van der Waals surface area contributed by atoms with Crippen molar-refractivity contribution in [2.24, 2.45) is 5.73 Å². The van der Waals surface area contributed by atoms with E-state index in [0.29, 0.717) is 0 Å². The lowest BCUT2D eigenvalue weighted by molar-refractivity contribution is 0.733. The van der Waals surface area contributed by atoms with Crippen LogP contribution in [0.15, 0.2) is 0 Å². The lowest BCUT2D eigenvalue weighted by Crippen LogP contribution is -1.97. The highest BCUT2D eigenvalue weighted by molar-refractivity contribution is 7.80. The third kappa shape index (κ3) is 6.31. The monoisotopic (exact) mass is 119 g/mol. The van der Waals surface area contributed by atoms with Gasteiger partial charge in [0.05, 0.1) is 0 Å². The van der Waals surface area contributed by atoms with Crippen molar-refractivity contribution in [3.05, 3.63) is 0 Å². The van der Waals surface area contributed by atoms with Gasteiger partial charge in [-0.05, 0) is 25.1 Å². The molecule has 0 bridgehead atoms. The minimum Gasteiger partial charge on any atom is -0.330 e. The molecule has 0 amide bonds. The molecule has 2 N–H and O–H groups in total. The van der Waals surface area contributed by atoms with Crippen molar-refractivity contribution in [2.45, 2.75) is 19.3 Å². The van der Waals surface area contributed by atoms with Gasteiger partial charge < -0.3 is 5.73 Å². The maximum absolute atomic E-state index is 5.24. The summed E-state index contributed by atoms with van der Waals surface area (Å²) in [5.74, 6) is 1.00.